The maximum absolute atomic E-state index is 12.0. The van der Waals surface area contributed by atoms with E-state index in [1.807, 2.05) is 20.8 Å². The van der Waals surface area contributed by atoms with Crippen molar-refractivity contribution < 1.29 is 9.21 Å². The predicted molar refractivity (Wildman–Crippen MR) is 78.5 cm³/mol. The Balaban J connectivity index is 2.31. The highest BCUT2D eigenvalue weighted by Gasteiger charge is 2.16. The summed E-state index contributed by atoms with van der Waals surface area (Å²) in [6.07, 6.45) is 1.50. The third-order valence-corrected chi connectivity index (χ3v) is 2.58. The molecule has 0 aliphatic heterocycles. The van der Waals surface area contributed by atoms with Crippen molar-refractivity contribution in [3.8, 4) is 11.5 Å². The number of rotatable bonds is 3. The highest BCUT2D eigenvalue weighted by atomic mass is 16.3. The van der Waals surface area contributed by atoms with Crippen LogP contribution in [0.4, 0.5) is 5.69 Å². The predicted octanol–water partition coefficient (Wildman–Crippen LogP) is 1.00. The molecule has 0 saturated heterocycles. The molecule has 7 nitrogen and oxygen atoms in total. The molecule has 0 atom stereocenters. The number of aromatic nitrogens is 2. The van der Waals surface area contributed by atoms with Crippen molar-refractivity contribution in [2.45, 2.75) is 32.9 Å². The van der Waals surface area contributed by atoms with Crippen molar-refractivity contribution in [1.82, 2.24) is 15.1 Å². The van der Waals surface area contributed by atoms with Crippen LogP contribution in [0.3, 0.4) is 0 Å². The maximum Gasteiger partial charge on any atom is 0.290 e. The average Bonchev–Trinajstić information content (AvgIpc) is 2.86. The summed E-state index contributed by atoms with van der Waals surface area (Å²) >= 11 is 0. The van der Waals surface area contributed by atoms with E-state index in [-0.39, 0.29) is 23.7 Å². The van der Waals surface area contributed by atoms with E-state index < -0.39 is 5.56 Å². The second kappa shape index (κ2) is 5.43. The van der Waals surface area contributed by atoms with Crippen molar-refractivity contribution in [1.29, 1.82) is 0 Å². The molecule has 112 valence electrons. The van der Waals surface area contributed by atoms with E-state index >= 15 is 0 Å². The third-order valence-electron chi connectivity index (χ3n) is 2.58. The first-order valence-corrected chi connectivity index (χ1v) is 6.49. The third kappa shape index (κ3) is 3.71. The first-order chi connectivity index (χ1) is 9.76. The molecule has 0 aromatic carbocycles. The van der Waals surface area contributed by atoms with Gasteiger partial charge in [0.15, 0.2) is 5.76 Å². The number of hydrogen-bond acceptors (Lipinski definition) is 5. The van der Waals surface area contributed by atoms with Crippen LogP contribution in [0.15, 0.2) is 33.7 Å². The molecule has 7 heteroatoms. The molecule has 0 saturated carbocycles. The average molecular weight is 290 g/mol. The molecule has 0 bridgehead atoms. The topological polar surface area (TPSA) is 103 Å². The van der Waals surface area contributed by atoms with Crippen molar-refractivity contribution >= 4 is 11.6 Å². The minimum absolute atomic E-state index is 0.0139. The van der Waals surface area contributed by atoms with Crippen molar-refractivity contribution in [2.24, 2.45) is 0 Å². The molecule has 2 heterocycles. The Bertz CT molecular complexity index is 696. The lowest BCUT2D eigenvalue weighted by Crippen LogP contribution is -2.44. The highest BCUT2D eigenvalue weighted by molar-refractivity contribution is 5.76. The summed E-state index contributed by atoms with van der Waals surface area (Å²) in [5.74, 6) is 0.166. The highest BCUT2D eigenvalue weighted by Crippen LogP contribution is 2.17. The smallest absolute Gasteiger partial charge is 0.290 e. The Kier molecular flexibility index (Phi) is 3.84. The zero-order valence-electron chi connectivity index (χ0n) is 12.2. The summed E-state index contributed by atoms with van der Waals surface area (Å²) in [5, 5.41) is 6.88. The van der Waals surface area contributed by atoms with E-state index in [2.05, 4.69) is 10.4 Å². The van der Waals surface area contributed by atoms with Crippen LogP contribution >= 0.6 is 0 Å². The van der Waals surface area contributed by atoms with Gasteiger partial charge in [-0.05, 0) is 39.0 Å². The summed E-state index contributed by atoms with van der Waals surface area (Å²) in [7, 11) is 0. The van der Waals surface area contributed by atoms with Crippen LogP contribution in [0, 0.1) is 0 Å². The fraction of sp³-hybridized carbons (Fsp3) is 0.357. The van der Waals surface area contributed by atoms with Crippen LogP contribution < -0.4 is 16.6 Å². The van der Waals surface area contributed by atoms with E-state index in [0.29, 0.717) is 11.5 Å². The molecule has 2 rings (SSSR count). The lowest BCUT2D eigenvalue weighted by molar-refractivity contribution is -0.123. The van der Waals surface area contributed by atoms with Crippen molar-refractivity contribution in [3.63, 3.8) is 0 Å². The van der Waals surface area contributed by atoms with Gasteiger partial charge in [0.05, 0.1) is 6.26 Å². The SMILES string of the molecule is CC(C)(C)NC(=O)Cn1nc(-c2ccco2)cc(N)c1=O. The molecule has 0 unspecified atom stereocenters. The maximum atomic E-state index is 12.0. The van der Waals surface area contributed by atoms with Crippen LogP contribution in [0.5, 0.6) is 0 Å². The second-order valence-electron chi connectivity index (χ2n) is 5.72. The van der Waals surface area contributed by atoms with Gasteiger partial charge in [-0.15, -0.1) is 0 Å². The number of nitrogens with two attached hydrogens (primary N) is 1. The van der Waals surface area contributed by atoms with Gasteiger partial charge in [0.1, 0.15) is 17.9 Å². The van der Waals surface area contributed by atoms with Gasteiger partial charge in [0.2, 0.25) is 5.91 Å². The lowest BCUT2D eigenvalue weighted by Gasteiger charge is -2.20. The number of nitrogens with one attached hydrogen (secondary N) is 1. The molecular formula is C14H18N4O3. The minimum Gasteiger partial charge on any atom is -0.463 e. The van der Waals surface area contributed by atoms with E-state index in [0.717, 1.165) is 4.68 Å². The Morgan fingerprint density at radius 3 is 2.76 bits per heavy atom. The molecule has 2 aromatic rings. The van der Waals surface area contributed by atoms with Gasteiger partial charge in [0, 0.05) is 5.54 Å². The number of nitrogen functional groups attached to an aromatic ring is 1. The number of anilines is 1. The summed E-state index contributed by atoms with van der Waals surface area (Å²) in [5.41, 5.74) is 5.21. The van der Waals surface area contributed by atoms with Crippen LogP contribution in [-0.4, -0.2) is 21.2 Å². The van der Waals surface area contributed by atoms with Crippen molar-refractivity contribution in [3.05, 3.63) is 34.8 Å². The Labute approximate surface area is 121 Å². The zero-order chi connectivity index (χ0) is 15.6. The van der Waals surface area contributed by atoms with Crippen LogP contribution in [0.1, 0.15) is 20.8 Å². The fourth-order valence-corrected chi connectivity index (χ4v) is 1.81. The number of carbonyl (C=O) groups is 1. The first kappa shape index (κ1) is 14.8. The number of amides is 1. The molecule has 0 aliphatic rings. The summed E-state index contributed by atoms with van der Waals surface area (Å²) in [6, 6.07) is 4.83. The number of hydrogen-bond donors (Lipinski definition) is 2. The van der Waals surface area contributed by atoms with Crippen molar-refractivity contribution in [2.75, 3.05) is 5.73 Å². The van der Waals surface area contributed by atoms with Gasteiger partial charge in [-0.1, -0.05) is 0 Å². The Morgan fingerprint density at radius 1 is 1.48 bits per heavy atom. The molecule has 0 spiro atoms. The molecule has 2 aromatic heterocycles. The van der Waals surface area contributed by atoms with Gasteiger partial charge in [-0.25, -0.2) is 4.68 Å². The van der Waals surface area contributed by atoms with Crippen LogP contribution in [0.25, 0.3) is 11.5 Å². The van der Waals surface area contributed by atoms with Gasteiger partial charge in [-0.3, -0.25) is 9.59 Å². The summed E-state index contributed by atoms with van der Waals surface area (Å²) in [6.45, 7) is 5.37. The van der Waals surface area contributed by atoms with E-state index in [1.54, 1.807) is 12.1 Å². The molecule has 1 amide bonds. The summed E-state index contributed by atoms with van der Waals surface area (Å²) in [4.78, 5) is 23.9. The van der Waals surface area contributed by atoms with E-state index in [9.17, 15) is 9.59 Å². The van der Waals surface area contributed by atoms with Gasteiger partial charge < -0.3 is 15.5 Å². The molecule has 0 aliphatic carbocycles. The molecule has 0 radical (unpaired) electrons. The largest absolute Gasteiger partial charge is 0.463 e. The van der Waals surface area contributed by atoms with E-state index in [4.69, 9.17) is 10.2 Å². The zero-order valence-corrected chi connectivity index (χ0v) is 12.2. The number of carbonyl (C=O) groups excluding carboxylic acids is 1. The number of nitrogens with zero attached hydrogens (tertiary/aromatic N) is 2. The Morgan fingerprint density at radius 2 is 2.19 bits per heavy atom. The number of furan rings is 1. The minimum atomic E-state index is -0.505. The quantitative estimate of drug-likeness (QED) is 0.877. The monoisotopic (exact) mass is 290 g/mol. The molecular weight excluding hydrogens is 272 g/mol. The Hall–Kier alpha value is -2.57. The van der Waals surface area contributed by atoms with Gasteiger partial charge in [0.25, 0.3) is 5.56 Å². The second-order valence-corrected chi connectivity index (χ2v) is 5.72. The lowest BCUT2D eigenvalue weighted by atomic mass is 10.1. The van der Waals surface area contributed by atoms with E-state index in [1.165, 1.54) is 12.3 Å². The molecule has 21 heavy (non-hydrogen) atoms. The van der Waals surface area contributed by atoms with Gasteiger partial charge in [-0.2, -0.15) is 5.10 Å². The molecule has 3 N–H and O–H groups in total. The fourth-order valence-electron chi connectivity index (χ4n) is 1.81. The first-order valence-electron chi connectivity index (χ1n) is 6.49. The summed E-state index contributed by atoms with van der Waals surface area (Å²) < 4.78 is 6.26. The normalized spacial score (nSPS) is 11.4. The van der Waals surface area contributed by atoms with Crippen LogP contribution in [-0.2, 0) is 11.3 Å². The van der Waals surface area contributed by atoms with Gasteiger partial charge >= 0.3 is 0 Å². The standard InChI is InChI=1S/C14H18N4O3/c1-14(2,3)16-12(19)8-18-13(20)9(15)7-10(17-18)11-5-4-6-21-11/h4-7H,8,15H2,1-3H3,(H,16,19). The molecule has 0 fully saturated rings. The van der Waals surface area contributed by atoms with Crippen LogP contribution in [0.2, 0.25) is 0 Å².